The van der Waals surface area contributed by atoms with E-state index in [9.17, 15) is 13.2 Å². The maximum absolute atomic E-state index is 13.6. The Kier molecular flexibility index (Phi) is 8.53. The van der Waals surface area contributed by atoms with E-state index < -0.39 is 22.5 Å². The molecule has 8 heteroatoms. The Balaban J connectivity index is 1.50. The number of sulfonamides is 1. The largest absolute Gasteiger partial charge is 0.497 e. The van der Waals surface area contributed by atoms with Crippen LogP contribution in [0, 0.1) is 6.92 Å². The zero-order valence-electron chi connectivity index (χ0n) is 20.6. The van der Waals surface area contributed by atoms with Gasteiger partial charge in [-0.1, -0.05) is 54.1 Å². The van der Waals surface area contributed by atoms with E-state index in [4.69, 9.17) is 4.74 Å². The Bertz CT molecular complexity index is 1440. The second-order valence-electron chi connectivity index (χ2n) is 8.37. The molecule has 0 aromatic heterocycles. The molecule has 6 nitrogen and oxygen atoms in total. The van der Waals surface area contributed by atoms with Gasteiger partial charge in [-0.05, 0) is 61.0 Å². The minimum absolute atomic E-state index is 0.106. The van der Waals surface area contributed by atoms with E-state index in [0.29, 0.717) is 17.1 Å². The van der Waals surface area contributed by atoms with Crippen molar-refractivity contribution in [1.82, 2.24) is 0 Å². The van der Waals surface area contributed by atoms with Crippen molar-refractivity contribution < 1.29 is 17.9 Å². The van der Waals surface area contributed by atoms with E-state index in [1.54, 1.807) is 60.3 Å². The topological polar surface area (TPSA) is 75.7 Å². The number of anilines is 2. The maximum atomic E-state index is 13.6. The lowest BCUT2D eigenvalue weighted by Crippen LogP contribution is -2.38. The van der Waals surface area contributed by atoms with Gasteiger partial charge in [0.2, 0.25) is 5.91 Å². The summed E-state index contributed by atoms with van der Waals surface area (Å²) in [6.07, 6.45) is 0. The van der Waals surface area contributed by atoms with Gasteiger partial charge in [-0.15, -0.1) is 11.8 Å². The fourth-order valence-corrected chi connectivity index (χ4v) is 5.90. The molecule has 4 rings (SSSR count). The molecule has 0 unspecified atom stereocenters. The van der Waals surface area contributed by atoms with Crippen molar-refractivity contribution in [2.45, 2.75) is 22.5 Å². The Labute approximate surface area is 222 Å². The van der Waals surface area contributed by atoms with Gasteiger partial charge in [0.15, 0.2) is 0 Å². The summed E-state index contributed by atoms with van der Waals surface area (Å²) < 4.78 is 33.5. The Morgan fingerprint density at radius 1 is 0.892 bits per heavy atom. The number of carbonyl (C=O) groups excluding carboxylic acids is 1. The highest BCUT2D eigenvalue weighted by Gasteiger charge is 2.27. The molecule has 37 heavy (non-hydrogen) atoms. The van der Waals surface area contributed by atoms with Crippen molar-refractivity contribution in [3.05, 3.63) is 114 Å². The normalized spacial score (nSPS) is 11.1. The standard InChI is InChI=1S/C29H28N2O4S2/c1-22-11-17-28(18-12-22)37(33,34)31(25-7-6-8-26(19-25)35-2)20-29(32)30-24-15-13-23(14-16-24)21-36-27-9-4-3-5-10-27/h3-19H,20-21H2,1-2H3,(H,30,32). The van der Waals surface area contributed by atoms with Gasteiger partial charge < -0.3 is 10.1 Å². The first kappa shape index (κ1) is 26.3. The number of amides is 1. The Morgan fingerprint density at radius 2 is 1.59 bits per heavy atom. The first-order valence-electron chi connectivity index (χ1n) is 11.7. The van der Waals surface area contributed by atoms with E-state index >= 15 is 0 Å². The summed E-state index contributed by atoms with van der Waals surface area (Å²) in [6.45, 7) is 1.49. The van der Waals surface area contributed by atoms with Gasteiger partial charge in [0.25, 0.3) is 10.0 Å². The lowest BCUT2D eigenvalue weighted by Gasteiger charge is -2.24. The molecule has 4 aromatic rings. The molecule has 0 heterocycles. The number of hydrogen-bond donors (Lipinski definition) is 1. The van der Waals surface area contributed by atoms with E-state index in [-0.39, 0.29) is 4.90 Å². The average Bonchev–Trinajstić information content (AvgIpc) is 2.92. The molecule has 0 radical (unpaired) electrons. The number of thioether (sulfide) groups is 1. The molecule has 0 saturated carbocycles. The van der Waals surface area contributed by atoms with Crippen molar-refractivity contribution in [3.8, 4) is 5.75 Å². The van der Waals surface area contributed by atoms with Crippen LogP contribution in [0.2, 0.25) is 0 Å². The fraction of sp³-hybridized carbons (Fsp3) is 0.138. The fourth-order valence-electron chi connectivity index (χ4n) is 3.62. The predicted octanol–water partition coefficient (Wildman–Crippen LogP) is 6.13. The Morgan fingerprint density at radius 3 is 2.27 bits per heavy atom. The number of ether oxygens (including phenoxy) is 1. The van der Waals surface area contributed by atoms with Crippen LogP contribution in [-0.2, 0) is 20.6 Å². The highest BCUT2D eigenvalue weighted by atomic mass is 32.2. The SMILES string of the molecule is COc1cccc(N(CC(=O)Nc2ccc(CSc3ccccc3)cc2)S(=O)(=O)c2ccc(C)cc2)c1. The molecule has 190 valence electrons. The van der Waals surface area contributed by atoms with Gasteiger partial charge in [0.05, 0.1) is 17.7 Å². The quantitative estimate of drug-likeness (QED) is 0.249. The lowest BCUT2D eigenvalue weighted by molar-refractivity contribution is -0.114. The van der Waals surface area contributed by atoms with Crippen LogP contribution in [0.15, 0.2) is 113 Å². The van der Waals surface area contributed by atoms with Crippen LogP contribution < -0.4 is 14.4 Å². The first-order chi connectivity index (χ1) is 17.8. The summed E-state index contributed by atoms with van der Waals surface area (Å²) in [7, 11) is -2.50. The number of nitrogens with one attached hydrogen (secondary N) is 1. The lowest BCUT2D eigenvalue weighted by atomic mass is 10.2. The van der Waals surface area contributed by atoms with E-state index in [2.05, 4.69) is 17.4 Å². The van der Waals surface area contributed by atoms with E-state index in [1.165, 1.54) is 12.0 Å². The number of hydrogen-bond acceptors (Lipinski definition) is 5. The van der Waals surface area contributed by atoms with Crippen molar-refractivity contribution in [1.29, 1.82) is 0 Å². The monoisotopic (exact) mass is 532 g/mol. The smallest absolute Gasteiger partial charge is 0.264 e. The number of carbonyl (C=O) groups is 1. The van der Waals surface area contributed by atoms with E-state index in [0.717, 1.165) is 21.2 Å². The molecule has 0 aliphatic heterocycles. The molecule has 0 fully saturated rings. The van der Waals surface area contributed by atoms with Gasteiger partial charge in [-0.3, -0.25) is 9.10 Å². The summed E-state index contributed by atoms with van der Waals surface area (Å²) in [4.78, 5) is 14.3. The molecule has 0 atom stereocenters. The summed E-state index contributed by atoms with van der Waals surface area (Å²) >= 11 is 1.73. The summed E-state index contributed by atoms with van der Waals surface area (Å²) in [6, 6.07) is 30.9. The van der Waals surface area contributed by atoms with Crippen LogP contribution in [0.25, 0.3) is 0 Å². The van der Waals surface area contributed by atoms with Crippen LogP contribution >= 0.6 is 11.8 Å². The Hall–Kier alpha value is -3.75. The number of methoxy groups -OCH3 is 1. The summed E-state index contributed by atoms with van der Waals surface area (Å²) in [5, 5.41) is 2.82. The van der Waals surface area contributed by atoms with Crippen molar-refractivity contribution in [2.75, 3.05) is 23.3 Å². The molecule has 0 saturated heterocycles. The van der Waals surface area contributed by atoms with Crippen molar-refractivity contribution >= 4 is 39.1 Å². The molecule has 0 bridgehead atoms. The highest BCUT2D eigenvalue weighted by Crippen LogP contribution is 2.28. The molecule has 0 spiro atoms. The average molecular weight is 533 g/mol. The minimum atomic E-state index is -4.01. The van der Waals surface area contributed by atoms with Crippen LogP contribution in [0.4, 0.5) is 11.4 Å². The highest BCUT2D eigenvalue weighted by molar-refractivity contribution is 7.98. The van der Waals surface area contributed by atoms with Gasteiger partial charge in [-0.2, -0.15) is 0 Å². The van der Waals surface area contributed by atoms with Gasteiger partial charge >= 0.3 is 0 Å². The third kappa shape index (κ3) is 6.93. The zero-order chi connectivity index (χ0) is 26.3. The number of aryl methyl sites for hydroxylation is 1. The van der Waals surface area contributed by atoms with Crippen molar-refractivity contribution in [3.63, 3.8) is 0 Å². The number of rotatable bonds is 10. The minimum Gasteiger partial charge on any atom is -0.497 e. The van der Waals surface area contributed by atoms with Crippen LogP contribution in [0.1, 0.15) is 11.1 Å². The molecule has 1 amide bonds. The molecule has 0 aliphatic carbocycles. The van der Waals surface area contributed by atoms with Gasteiger partial charge in [0, 0.05) is 22.4 Å². The second kappa shape index (κ2) is 12.0. The van der Waals surface area contributed by atoms with Crippen LogP contribution in [-0.4, -0.2) is 28.0 Å². The van der Waals surface area contributed by atoms with Gasteiger partial charge in [-0.25, -0.2) is 8.42 Å². The predicted molar refractivity (Wildman–Crippen MR) is 150 cm³/mol. The third-order valence-electron chi connectivity index (χ3n) is 5.62. The first-order valence-corrected chi connectivity index (χ1v) is 14.1. The summed E-state index contributed by atoms with van der Waals surface area (Å²) in [5.74, 6) is 0.840. The van der Waals surface area contributed by atoms with Crippen LogP contribution in [0.3, 0.4) is 0 Å². The number of nitrogens with zero attached hydrogens (tertiary/aromatic N) is 1. The van der Waals surface area contributed by atoms with Crippen molar-refractivity contribution in [2.24, 2.45) is 0 Å². The maximum Gasteiger partial charge on any atom is 0.264 e. The molecule has 1 N–H and O–H groups in total. The summed E-state index contributed by atoms with van der Waals surface area (Å²) in [5.41, 5.74) is 2.99. The third-order valence-corrected chi connectivity index (χ3v) is 8.50. The molecule has 0 aliphatic rings. The zero-order valence-corrected chi connectivity index (χ0v) is 22.3. The second-order valence-corrected chi connectivity index (χ2v) is 11.3. The molecular formula is C29H28N2O4S2. The van der Waals surface area contributed by atoms with Crippen LogP contribution in [0.5, 0.6) is 5.75 Å². The van der Waals surface area contributed by atoms with Gasteiger partial charge in [0.1, 0.15) is 12.3 Å². The molecular weight excluding hydrogens is 504 g/mol. The molecule has 4 aromatic carbocycles. The number of benzene rings is 4. The van der Waals surface area contributed by atoms with E-state index in [1.807, 2.05) is 49.4 Å².